The minimum atomic E-state index is -4.70. The van der Waals surface area contributed by atoms with Gasteiger partial charge >= 0.3 is 12.3 Å². The van der Waals surface area contributed by atoms with Gasteiger partial charge in [0, 0.05) is 18.9 Å². The number of methoxy groups -OCH3 is 1. The molecule has 4 N–H and O–H groups in total. The summed E-state index contributed by atoms with van der Waals surface area (Å²) in [7, 11) is 2.38. The molecule has 0 fully saturated rings. The number of halogens is 4. The molecular formula is C24H22ClF3N10O4. The zero-order valence-electron chi connectivity index (χ0n) is 22.1. The Labute approximate surface area is 240 Å². The highest BCUT2D eigenvalue weighted by atomic mass is 35.5. The van der Waals surface area contributed by atoms with Crippen molar-refractivity contribution in [1.29, 1.82) is 0 Å². The molecule has 0 saturated carbocycles. The molecule has 0 aliphatic rings. The average Bonchev–Trinajstić information content (AvgIpc) is 3.57. The lowest BCUT2D eigenvalue weighted by molar-refractivity contribution is -0.141. The van der Waals surface area contributed by atoms with E-state index in [-0.39, 0.29) is 45.7 Å². The molecule has 0 aliphatic heterocycles. The van der Waals surface area contributed by atoms with Crippen LogP contribution in [0.4, 0.5) is 29.3 Å². The lowest BCUT2D eigenvalue weighted by atomic mass is 10.1. The second-order valence-electron chi connectivity index (χ2n) is 8.73. The summed E-state index contributed by atoms with van der Waals surface area (Å²) in [6.07, 6.45) is -3.45. The predicted octanol–water partition coefficient (Wildman–Crippen LogP) is 3.07. The molecule has 0 saturated heterocycles. The van der Waals surface area contributed by atoms with Crippen molar-refractivity contribution in [2.75, 3.05) is 25.2 Å². The van der Waals surface area contributed by atoms with Crippen LogP contribution in [0, 0.1) is 6.92 Å². The van der Waals surface area contributed by atoms with E-state index in [9.17, 15) is 27.6 Å². The molecule has 1 aromatic carbocycles. The fourth-order valence-electron chi connectivity index (χ4n) is 3.77. The summed E-state index contributed by atoms with van der Waals surface area (Å²) in [5.74, 6) is -1.52. The number of hydrogen-bond donors (Lipinski definition) is 3. The van der Waals surface area contributed by atoms with E-state index in [4.69, 9.17) is 17.3 Å². The Morgan fingerprint density at radius 2 is 1.93 bits per heavy atom. The summed E-state index contributed by atoms with van der Waals surface area (Å²) in [5.41, 5.74) is 7.61. The minimum Gasteiger partial charge on any atom is -0.452 e. The van der Waals surface area contributed by atoms with Gasteiger partial charge in [-0.3, -0.25) is 15.0 Å². The van der Waals surface area contributed by atoms with Crippen LogP contribution in [0.1, 0.15) is 37.8 Å². The smallest absolute Gasteiger partial charge is 0.436 e. The van der Waals surface area contributed by atoms with Crippen molar-refractivity contribution in [3.05, 3.63) is 76.0 Å². The SMILES string of the molecule is COC(=O)N(C)NC(=O)c1cc(N)cc(C)c1NC(=O)c1cc(Cn2cc(C(F)(F)F)nn2)nn1-c1ncccc1Cl. The predicted molar refractivity (Wildman–Crippen MR) is 142 cm³/mol. The van der Waals surface area contributed by atoms with Gasteiger partial charge in [-0.2, -0.15) is 18.3 Å². The zero-order chi connectivity index (χ0) is 30.8. The molecule has 0 aliphatic carbocycles. The van der Waals surface area contributed by atoms with E-state index in [0.29, 0.717) is 11.8 Å². The van der Waals surface area contributed by atoms with Crippen LogP contribution in [0.5, 0.6) is 0 Å². The van der Waals surface area contributed by atoms with Crippen molar-refractivity contribution in [2.24, 2.45) is 0 Å². The maximum atomic E-state index is 13.6. The molecular weight excluding hydrogens is 585 g/mol. The first kappa shape index (κ1) is 29.8. The van der Waals surface area contributed by atoms with Gasteiger partial charge in [0.25, 0.3) is 11.8 Å². The average molecular weight is 607 g/mol. The zero-order valence-corrected chi connectivity index (χ0v) is 22.9. The number of rotatable bonds is 6. The van der Waals surface area contributed by atoms with Gasteiger partial charge < -0.3 is 15.8 Å². The molecule has 18 heteroatoms. The van der Waals surface area contributed by atoms with E-state index in [1.807, 2.05) is 0 Å². The lowest BCUT2D eigenvalue weighted by Crippen LogP contribution is -2.43. The van der Waals surface area contributed by atoms with Crippen molar-refractivity contribution in [1.82, 2.24) is 40.2 Å². The third-order valence-electron chi connectivity index (χ3n) is 5.64. The van der Waals surface area contributed by atoms with Crippen LogP contribution < -0.4 is 16.5 Å². The third kappa shape index (κ3) is 6.41. The summed E-state index contributed by atoms with van der Waals surface area (Å²) < 4.78 is 45.5. The van der Waals surface area contributed by atoms with E-state index in [0.717, 1.165) is 21.5 Å². The number of pyridine rings is 1. The maximum Gasteiger partial charge on any atom is 0.436 e. The van der Waals surface area contributed by atoms with Crippen molar-refractivity contribution in [2.45, 2.75) is 19.6 Å². The molecule has 4 rings (SSSR count). The van der Waals surface area contributed by atoms with Crippen molar-refractivity contribution in [3.8, 4) is 5.82 Å². The van der Waals surface area contributed by atoms with E-state index in [1.165, 1.54) is 37.5 Å². The van der Waals surface area contributed by atoms with Crippen LogP contribution in [0.15, 0.2) is 42.7 Å². The van der Waals surface area contributed by atoms with Gasteiger partial charge in [-0.15, -0.1) is 5.10 Å². The second-order valence-corrected chi connectivity index (χ2v) is 9.13. The van der Waals surface area contributed by atoms with Crippen LogP contribution in [0.25, 0.3) is 5.82 Å². The molecule has 0 radical (unpaired) electrons. The Hall–Kier alpha value is -5.19. The fourth-order valence-corrected chi connectivity index (χ4v) is 3.97. The third-order valence-corrected chi connectivity index (χ3v) is 5.94. The lowest BCUT2D eigenvalue weighted by Gasteiger charge is -2.19. The highest BCUT2D eigenvalue weighted by Gasteiger charge is 2.34. The van der Waals surface area contributed by atoms with E-state index >= 15 is 0 Å². The number of nitrogens with one attached hydrogen (secondary N) is 2. The monoisotopic (exact) mass is 606 g/mol. The summed E-state index contributed by atoms with van der Waals surface area (Å²) in [6.45, 7) is 1.31. The van der Waals surface area contributed by atoms with Crippen LogP contribution >= 0.6 is 11.6 Å². The largest absolute Gasteiger partial charge is 0.452 e. The van der Waals surface area contributed by atoms with E-state index in [1.54, 1.807) is 13.0 Å². The number of nitrogens with two attached hydrogens (primary N) is 1. The molecule has 3 aromatic heterocycles. The molecule has 0 atom stereocenters. The standard InChI is InChI=1S/C24H22ClF3N10O4/c1-12-7-13(29)8-15(21(39)34-36(2)23(41)42-3)19(12)31-22(40)17-9-14(10-37-11-18(32-35-37)24(26,27)28)33-38(17)20-16(25)5-4-6-30-20/h4-9,11H,10,29H2,1-3H3,(H,31,40)(H,34,39). The molecule has 42 heavy (non-hydrogen) atoms. The van der Waals surface area contributed by atoms with Gasteiger partial charge in [0.2, 0.25) is 0 Å². The summed E-state index contributed by atoms with van der Waals surface area (Å²) >= 11 is 6.30. The summed E-state index contributed by atoms with van der Waals surface area (Å²) in [4.78, 5) is 42.6. The highest BCUT2D eigenvalue weighted by molar-refractivity contribution is 6.32. The first-order valence-electron chi connectivity index (χ1n) is 11.8. The number of nitrogen functional groups attached to an aromatic ring is 1. The van der Waals surface area contributed by atoms with Gasteiger partial charge in [0.1, 0.15) is 5.69 Å². The second kappa shape index (κ2) is 11.7. The number of aryl methyl sites for hydroxylation is 1. The number of carbonyl (C=O) groups is 3. The van der Waals surface area contributed by atoms with Gasteiger partial charge in [-0.25, -0.2) is 24.2 Å². The molecule has 0 spiro atoms. The number of aromatic nitrogens is 6. The van der Waals surface area contributed by atoms with Crippen molar-refractivity contribution in [3.63, 3.8) is 0 Å². The Morgan fingerprint density at radius 1 is 1.19 bits per heavy atom. The number of benzene rings is 1. The first-order chi connectivity index (χ1) is 19.8. The molecule has 4 aromatic rings. The highest BCUT2D eigenvalue weighted by Crippen LogP contribution is 2.28. The summed E-state index contributed by atoms with van der Waals surface area (Å²) in [6, 6.07) is 7.16. The van der Waals surface area contributed by atoms with Gasteiger partial charge in [0.15, 0.2) is 11.5 Å². The molecule has 220 valence electrons. The van der Waals surface area contributed by atoms with Crippen molar-refractivity contribution >= 4 is 40.9 Å². The normalized spacial score (nSPS) is 11.2. The minimum absolute atomic E-state index is 0.0526. The summed E-state index contributed by atoms with van der Waals surface area (Å²) in [5, 5.41) is 14.5. The fraction of sp³-hybridized carbons (Fsp3) is 0.208. The number of ether oxygens (including phenoxy) is 1. The number of nitrogens with zero attached hydrogens (tertiary/aromatic N) is 7. The van der Waals surface area contributed by atoms with Crippen LogP contribution in [-0.2, 0) is 17.5 Å². The van der Waals surface area contributed by atoms with Crippen LogP contribution in [0.3, 0.4) is 0 Å². The molecule has 3 amide bonds. The first-order valence-corrected chi connectivity index (χ1v) is 12.2. The molecule has 14 nitrogen and oxygen atoms in total. The van der Waals surface area contributed by atoms with Gasteiger partial charge in [-0.05, 0) is 42.8 Å². The van der Waals surface area contributed by atoms with E-state index < -0.39 is 29.8 Å². The van der Waals surface area contributed by atoms with Gasteiger partial charge in [-0.1, -0.05) is 16.8 Å². The number of alkyl halides is 3. The number of hydrogen-bond acceptors (Lipinski definition) is 9. The molecule has 0 unspecified atom stereocenters. The van der Waals surface area contributed by atoms with Crippen molar-refractivity contribution < 1.29 is 32.3 Å². The number of amides is 3. The Kier molecular flexibility index (Phi) is 8.32. The van der Waals surface area contributed by atoms with E-state index in [2.05, 4.69) is 35.9 Å². The Balaban J connectivity index is 1.72. The quantitative estimate of drug-likeness (QED) is 0.220. The Bertz CT molecular complexity index is 1670. The number of anilines is 2. The Morgan fingerprint density at radius 3 is 2.57 bits per heavy atom. The maximum absolute atomic E-state index is 13.6. The molecule has 3 heterocycles. The van der Waals surface area contributed by atoms with Crippen LogP contribution in [-0.4, -0.2) is 66.8 Å². The topological polar surface area (TPSA) is 175 Å². The van der Waals surface area contributed by atoms with Crippen LogP contribution in [0.2, 0.25) is 5.02 Å². The number of hydrazine groups is 1. The number of carbonyl (C=O) groups excluding carboxylic acids is 3. The molecule has 0 bridgehead atoms. The van der Waals surface area contributed by atoms with Gasteiger partial charge in [0.05, 0.1) is 41.8 Å².